The Kier molecular flexibility index (Phi) is 2.14. The Balaban J connectivity index is 1.91. The largest absolute Gasteiger partial charge is 0.460 e. The van der Waals surface area contributed by atoms with Gasteiger partial charge in [-0.2, -0.15) is 0 Å². The average Bonchev–Trinajstić information content (AvgIpc) is 2.06. The highest BCUT2D eigenvalue weighted by Gasteiger charge is 2.29. The Hall–Kier alpha value is -1.16. The summed E-state index contributed by atoms with van der Waals surface area (Å²) in [7, 11) is 0. The second-order valence-corrected chi connectivity index (χ2v) is 3.41. The van der Waals surface area contributed by atoms with E-state index in [1.807, 2.05) is 6.92 Å². The summed E-state index contributed by atoms with van der Waals surface area (Å²) in [6.45, 7) is 1.93. The van der Waals surface area contributed by atoms with E-state index in [1.165, 1.54) is 0 Å². The van der Waals surface area contributed by atoms with E-state index >= 15 is 0 Å². The lowest BCUT2D eigenvalue weighted by atomic mass is 9.92. The summed E-state index contributed by atoms with van der Waals surface area (Å²) >= 11 is 0. The van der Waals surface area contributed by atoms with E-state index in [1.54, 1.807) is 12.4 Å². The number of aliphatic hydroxyl groups is 1. The first kappa shape index (κ1) is 8.44. The summed E-state index contributed by atoms with van der Waals surface area (Å²) in [6, 6.07) is 0.405. The van der Waals surface area contributed by atoms with E-state index in [2.05, 4.69) is 9.97 Å². The van der Waals surface area contributed by atoms with Crippen LogP contribution in [0, 0.1) is 6.92 Å². The van der Waals surface area contributed by atoms with E-state index < -0.39 is 0 Å². The molecular formula is C9H12N2O2. The van der Waals surface area contributed by atoms with Crippen LogP contribution in [0.25, 0.3) is 0 Å². The van der Waals surface area contributed by atoms with Gasteiger partial charge in [0.2, 0.25) is 0 Å². The van der Waals surface area contributed by atoms with E-state index in [-0.39, 0.29) is 12.2 Å². The number of nitrogens with zero attached hydrogens (tertiary/aromatic N) is 2. The van der Waals surface area contributed by atoms with E-state index in [0.717, 1.165) is 5.56 Å². The Morgan fingerprint density at radius 3 is 2.54 bits per heavy atom. The number of aryl methyl sites for hydroxylation is 1. The maximum atomic E-state index is 9.02. The topological polar surface area (TPSA) is 55.2 Å². The number of hydrogen-bond acceptors (Lipinski definition) is 4. The minimum atomic E-state index is -0.199. The molecule has 1 aliphatic carbocycles. The van der Waals surface area contributed by atoms with Crippen molar-refractivity contribution in [2.75, 3.05) is 0 Å². The molecule has 0 aromatic carbocycles. The number of rotatable bonds is 2. The van der Waals surface area contributed by atoms with Gasteiger partial charge in [-0.25, -0.2) is 9.97 Å². The SMILES string of the molecule is Cc1cnc(OC2CC(O)C2)nc1. The molecule has 4 heteroatoms. The lowest BCUT2D eigenvalue weighted by Crippen LogP contribution is -2.37. The van der Waals surface area contributed by atoms with Gasteiger partial charge in [0.25, 0.3) is 0 Å². The summed E-state index contributed by atoms with van der Waals surface area (Å²) in [6.07, 6.45) is 4.72. The van der Waals surface area contributed by atoms with Crippen molar-refractivity contribution in [1.29, 1.82) is 0 Å². The van der Waals surface area contributed by atoms with Crippen molar-refractivity contribution in [2.24, 2.45) is 0 Å². The monoisotopic (exact) mass is 180 g/mol. The Bertz CT molecular complexity index is 280. The quantitative estimate of drug-likeness (QED) is 0.727. The molecule has 70 valence electrons. The molecular weight excluding hydrogens is 168 g/mol. The number of aromatic nitrogens is 2. The van der Waals surface area contributed by atoms with Crippen LogP contribution in [0.5, 0.6) is 6.01 Å². The van der Waals surface area contributed by atoms with Crippen LogP contribution in [0.15, 0.2) is 12.4 Å². The van der Waals surface area contributed by atoms with Crippen LogP contribution < -0.4 is 4.74 Å². The first-order valence-electron chi connectivity index (χ1n) is 4.37. The molecule has 0 atom stereocenters. The molecule has 0 amide bonds. The van der Waals surface area contributed by atoms with Crippen LogP contribution in [0.2, 0.25) is 0 Å². The summed E-state index contributed by atoms with van der Waals surface area (Å²) in [4.78, 5) is 8.02. The van der Waals surface area contributed by atoms with Crippen molar-refractivity contribution in [3.63, 3.8) is 0 Å². The summed E-state index contributed by atoms with van der Waals surface area (Å²) in [5.74, 6) is 0. The molecule has 0 radical (unpaired) electrons. The summed E-state index contributed by atoms with van der Waals surface area (Å²) in [5, 5.41) is 9.02. The molecule has 1 aromatic rings. The zero-order valence-electron chi connectivity index (χ0n) is 7.47. The van der Waals surface area contributed by atoms with Gasteiger partial charge < -0.3 is 9.84 Å². The van der Waals surface area contributed by atoms with Crippen molar-refractivity contribution in [1.82, 2.24) is 9.97 Å². The van der Waals surface area contributed by atoms with Crippen molar-refractivity contribution in [2.45, 2.75) is 32.0 Å². The van der Waals surface area contributed by atoms with Crippen molar-refractivity contribution >= 4 is 0 Å². The molecule has 1 aliphatic rings. The lowest BCUT2D eigenvalue weighted by Gasteiger charge is -2.30. The van der Waals surface area contributed by atoms with Gasteiger partial charge >= 0.3 is 6.01 Å². The van der Waals surface area contributed by atoms with Crippen molar-refractivity contribution in [3.8, 4) is 6.01 Å². The van der Waals surface area contributed by atoms with Gasteiger partial charge in [0.1, 0.15) is 6.10 Å². The summed E-state index contributed by atoms with van der Waals surface area (Å²) < 4.78 is 5.39. The fourth-order valence-corrected chi connectivity index (χ4v) is 1.22. The van der Waals surface area contributed by atoms with E-state index in [4.69, 9.17) is 9.84 Å². The average molecular weight is 180 g/mol. The maximum Gasteiger partial charge on any atom is 0.316 e. The highest BCUT2D eigenvalue weighted by atomic mass is 16.5. The predicted octanol–water partition coefficient (Wildman–Crippen LogP) is 0.687. The second-order valence-electron chi connectivity index (χ2n) is 3.41. The minimum absolute atomic E-state index is 0.0951. The molecule has 1 fully saturated rings. The molecule has 2 rings (SSSR count). The molecule has 1 saturated carbocycles. The molecule has 13 heavy (non-hydrogen) atoms. The van der Waals surface area contributed by atoms with Gasteiger partial charge in [-0.3, -0.25) is 0 Å². The molecule has 0 bridgehead atoms. The fourth-order valence-electron chi connectivity index (χ4n) is 1.22. The van der Waals surface area contributed by atoms with Gasteiger partial charge in [-0.15, -0.1) is 0 Å². The molecule has 0 aliphatic heterocycles. The lowest BCUT2D eigenvalue weighted by molar-refractivity contribution is -0.0150. The Morgan fingerprint density at radius 1 is 1.38 bits per heavy atom. The first-order valence-corrected chi connectivity index (χ1v) is 4.37. The number of ether oxygens (including phenoxy) is 1. The van der Waals surface area contributed by atoms with Crippen LogP contribution in [0.4, 0.5) is 0 Å². The molecule has 1 N–H and O–H groups in total. The standard InChI is InChI=1S/C9H12N2O2/c1-6-4-10-9(11-5-6)13-8-2-7(12)3-8/h4-5,7-8,12H,2-3H2,1H3. The third-order valence-corrected chi connectivity index (χ3v) is 2.10. The van der Waals surface area contributed by atoms with Gasteiger partial charge in [0.05, 0.1) is 6.10 Å². The van der Waals surface area contributed by atoms with Crippen LogP contribution in [0.1, 0.15) is 18.4 Å². The molecule has 1 heterocycles. The van der Waals surface area contributed by atoms with E-state index in [9.17, 15) is 0 Å². The normalized spacial score (nSPS) is 26.6. The van der Waals surface area contributed by atoms with Gasteiger partial charge in [0.15, 0.2) is 0 Å². The van der Waals surface area contributed by atoms with Gasteiger partial charge in [0, 0.05) is 25.2 Å². The molecule has 1 aromatic heterocycles. The summed E-state index contributed by atoms with van der Waals surface area (Å²) in [5.41, 5.74) is 1.01. The Labute approximate surface area is 76.6 Å². The predicted molar refractivity (Wildman–Crippen MR) is 46.4 cm³/mol. The zero-order chi connectivity index (χ0) is 9.26. The van der Waals surface area contributed by atoms with Crippen LogP contribution in [-0.4, -0.2) is 27.3 Å². The van der Waals surface area contributed by atoms with Crippen LogP contribution in [-0.2, 0) is 0 Å². The van der Waals surface area contributed by atoms with Crippen molar-refractivity contribution < 1.29 is 9.84 Å². The minimum Gasteiger partial charge on any atom is -0.460 e. The van der Waals surface area contributed by atoms with Gasteiger partial charge in [-0.05, 0) is 12.5 Å². The maximum absolute atomic E-state index is 9.02. The molecule has 0 unspecified atom stereocenters. The highest BCUT2D eigenvalue weighted by Crippen LogP contribution is 2.23. The molecule has 0 spiro atoms. The first-order chi connectivity index (χ1) is 6.24. The van der Waals surface area contributed by atoms with E-state index in [0.29, 0.717) is 18.9 Å². The zero-order valence-corrected chi connectivity index (χ0v) is 7.47. The van der Waals surface area contributed by atoms with Crippen molar-refractivity contribution in [3.05, 3.63) is 18.0 Å². The Morgan fingerprint density at radius 2 is 2.00 bits per heavy atom. The molecule has 4 nitrogen and oxygen atoms in total. The molecule has 0 saturated heterocycles. The number of aliphatic hydroxyl groups excluding tert-OH is 1. The third kappa shape index (κ3) is 1.95. The third-order valence-electron chi connectivity index (χ3n) is 2.10. The smallest absolute Gasteiger partial charge is 0.316 e. The van der Waals surface area contributed by atoms with Crippen LogP contribution >= 0.6 is 0 Å². The number of hydrogen-bond donors (Lipinski definition) is 1. The van der Waals surface area contributed by atoms with Crippen LogP contribution in [0.3, 0.4) is 0 Å². The fraction of sp³-hybridized carbons (Fsp3) is 0.556. The van der Waals surface area contributed by atoms with Gasteiger partial charge in [-0.1, -0.05) is 0 Å². The highest BCUT2D eigenvalue weighted by molar-refractivity contribution is 5.05. The second kappa shape index (κ2) is 3.30.